The summed E-state index contributed by atoms with van der Waals surface area (Å²) in [4.78, 5) is 18.6. The highest BCUT2D eigenvalue weighted by atomic mass is 127. The molecule has 1 aliphatic heterocycles. The van der Waals surface area contributed by atoms with Crippen LogP contribution >= 0.6 is 24.0 Å². The van der Waals surface area contributed by atoms with Gasteiger partial charge in [-0.1, -0.05) is 0 Å². The van der Waals surface area contributed by atoms with Crippen LogP contribution in [0.5, 0.6) is 0 Å². The summed E-state index contributed by atoms with van der Waals surface area (Å²) in [7, 11) is -1.71. The Labute approximate surface area is 193 Å². The van der Waals surface area contributed by atoms with Crippen LogP contribution in [0.3, 0.4) is 0 Å². The molecule has 1 saturated heterocycles. The molecule has 9 nitrogen and oxygen atoms in total. The number of halogens is 1. The van der Waals surface area contributed by atoms with Crippen molar-refractivity contribution in [3.05, 3.63) is 0 Å². The quantitative estimate of drug-likeness (QED) is 0.251. The average molecular weight is 548 g/mol. The van der Waals surface area contributed by atoms with E-state index in [1.54, 1.807) is 7.05 Å². The van der Waals surface area contributed by atoms with E-state index in [4.69, 9.17) is 4.74 Å². The summed E-state index contributed by atoms with van der Waals surface area (Å²) < 4.78 is 31.8. The third kappa shape index (κ3) is 9.35. The fourth-order valence-corrected chi connectivity index (χ4v) is 4.09. The highest BCUT2D eigenvalue weighted by molar-refractivity contribution is 14.0. The lowest BCUT2D eigenvalue weighted by Crippen LogP contribution is -2.54. The summed E-state index contributed by atoms with van der Waals surface area (Å²) in [5.41, 5.74) is -0.614. The molecule has 0 bridgehead atoms. The SMILES string of the molecule is CCNC(=NCC(C)(C)C(=O)NC)N1CCN(S(=O)(=O)CCOC(C)C)CC1.I. The smallest absolute Gasteiger partial charge is 0.227 e. The van der Waals surface area contributed by atoms with Gasteiger partial charge in [0.25, 0.3) is 0 Å². The zero-order valence-corrected chi connectivity index (χ0v) is 21.7. The molecule has 0 radical (unpaired) electrons. The summed E-state index contributed by atoms with van der Waals surface area (Å²) >= 11 is 0. The predicted octanol–water partition coefficient (Wildman–Crippen LogP) is 0.715. The Bertz CT molecular complexity index is 632. The molecule has 0 atom stereocenters. The minimum Gasteiger partial charge on any atom is -0.378 e. The van der Waals surface area contributed by atoms with Gasteiger partial charge in [0.1, 0.15) is 0 Å². The Hall–Kier alpha value is -0.660. The fraction of sp³-hybridized carbons (Fsp3) is 0.889. The number of nitrogens with zero attached hydrogens (tertiary/aromatic N) is 3. The summed E-state index contributed by atoms with van der Waals surface area (Å²) in [5.74, 6) is 0.644. The van der Waals surface area contributed by atoms with Crippen molar-refractivity contribution in [3.8, 4) is 0 Å². The van der Waals surface area contributed by atoms with Gasteiger partial charge in [0.05, 0.1) is 30.4 Å². The molecule has 1 amide bonds. The number of carbonyl (C=O) groups excluding carboxylic acids is 1. The number of rotatable bonds is 9. The van der Waals surface area contributed by atoms with E-state index in [-0.39, 0.29) is 48.3 Å². The van der Waals surface area contributed by atoms with E-state index in [9.17, 15) is 13.2 Å². The molecule has 11 heteroatoms. The molecule has 0 aromatic carbocycles. The van der Waals surface area contributed by atoms with Gasteiger partial charge in [0.15, 0.2) is 5.96 Å². The Morgan fingerprint density at radius 1 is 1.21 bits per heavy atom. The molecule has 172 valence electrons. The van der Waals surface area contributed by atoms with E-state index in [1.165, 1.54) is 4.31 Å². The van der Waals surface area contributed by atoms with Crippen LogP contribution < -0.4 is 10.6 Å². The average Bonchev–Trinajstić information content (AvgIpc) is 2.64. The molecule has 0 unspecified atom stereocenters. The topological polar surface area (TPSA) is 103 Å². The van der Waals surface area contributed by atoms with E-state index in [2.05, 4.69) is 15.6 Å². The van der Waals surface area contributed by atoms with Crippen LogP contribution in [0.1, 0.15) is 34.6 Å². The Morgan fingerprint density at radius 2 is 1.79 bits per heavy atom. The summed E-state index contributed by atoms with van der Waals surface area (Å²) in [5, 5.41) is 5.90. The zero-order chi connectivity index (χ0) is 21.4. The predicted molar refractivity (Wildman–Crippen MR) is 127 cm³/mol. The van der Waals surface area contributed by atoms with E-state index in [1.807, 2.05) is 39.5 Å². The minimum atomic E-state index is -3.32. The molecule has 0 spiro atoms. The third-order valence-electron chi connectivity index (χ3n) is 4.52. The molecule has 1 fully saturated rings. The molecule has 0 saturated carbocycles. The number of aliphatic imine (C=N–C) groups is 1. The number of hydrogen-bond donors (Lipinski definition) is 2. The van der Waals surface area contributed by atoms with Gasteiger partial charge >= 0.3 is 0 Å². The third-order valence-corrected chi connectivity index (χ3v) is 6.36. The van der Waals surface area contributed by atoms with Crippen molar-refractivity contribution in [1.82, 2.24) is 19.8 Å². The number of carbonyl (C=O) groups is 1. The first-order valence-electron chi connectivity index (χ1n) is 9.88. The van der Waals surface area contributed by atoms with Crippen molar-refractivity contribution in [2.75, 3.05) is 58.7 Å². The van der Waals surface area contributed by atoms with Gasteiger partial charge in [-0.25, -0.2) is 8.42 Å². The molecular weight excluding hydrogens is 509 g/mol. The lowest BCUT2D eigenvalue weighted by Gasteiger charge is -2.36. The number of ether oxygens (including phenoxy) is 1. The molecule has 1 rings (SSSR count). The normalized spacial score (nSPS) is 16.5. The Morgan fingerprint density at radius 3 is 2.28 bits per heavy atom. The number of amides is 1. The van der Waals surface area contributed by atoms with Crippen molar-refractivity contribution < 1.29 is 17.9 Å². The van der Waals surface area contributed by atoms with Crippen molar-refractivity contribution in [2.24, 2.45) is 10.4 Å². The Kier molecular flexibility index (Phi) is 12.6. The van der Waals surface area contributed by atoms with Gasteiger partial charge in [-0.3, -0.25) is 9.79 Å². The maximum atomic E-state index is 12.5. The molecule has 2 N–H and O–H groups in total. The molecule has 1 heterocycles. The van der Waals surface area contributed by atoms with E-state index >= 15 is 0 Å². The second-order valence-corrected chi connectivity index (χ2v) is 9.84. The highest BCUT2D eigenvalue weighted by Crippen LogP contribution is 2.16. The van der Waals surface area contributed by atoms with Crippen molar-refractivity contribution in [2.45, 2.75) is 40.7 Å². The first-order valence-corrected chi connectivity index (χ1v) is 11.5. The second-order valence-electron chi connectivity index (χ2n) is 7.75. The zero-order valence-electron chi connectivity index (χ0n) is 18.5. The lowest BCUT2D eigenvalue weighted by atomic mass is 9.93. The summed E-state index contributed by atoms with van der Waals surface area (Å²) in [6.45, 7) is 12.6. The van der Waals surface area contributed by atoms with Gasteiger partial charge in [-0.05, 0) is 34.6 Å². The van der Waals surface area contributed by atoms with Crippen LogP contribution in [0.25, 0.3) is 0 Å². The number of hydrogen-bond acceptors (Lipinski definition) is 5. The molecule has 29 heavy (non-hydrogen) atoms. The molecule has 0 aliphatic carbocycles. The fourth-order valence-electron chi connectivity index (χ4n) is 2.80. The molecular formula is C18H38IN5O4S. The standard InChI is InChI=1S/C18H37N5O4S.HI/c1-7-20-17(21-14-18(4,5)16(24)19-6)22-8-10-23(11-9-22)28(25,26)13-12-27-15(2)3;/h15H,7-14H2,1-6H3,(H,19,24)(H,20,21);1H. The maximum Gasteiger partial charge on any atom is 0.227 e. The lowest BCUT2D eigenvalue weighted by molar-refractivity contribution is -0.128. The molecule has 0 aromatic rings. The maximum absolute atomic E-state index is 12.5. The van der Waals surface area contributed by atoms with Gasteiger partial charge in [0, 0.05) is 39.8 Å². The molecule has 0 aromatic heterocycles. The molecule has 1 aliphatic rings. The van der Waals surface area contributed by atoms with Crippen LogP contribution in [0, 0.1) is 5.41 Å². The van der Waals surface area contributed by atoms with Crippen molar-refractivity contribution in [3.63, 3.8) is 0 Å². The summed E-state index contributed by atoms with van der Waals surface area (Å²) in [6.07, 6.45) is 0.0185. The largest absolute Gasteiger partial charge is 0.378 e. The number of piperazine rings is 1. The van der Waals surface area contributed by atoms with Gasteiger partial charge in [-0.15, -0.1) is 24.0 Å². The van der Waals surface area contributed by atoms with E-state index < -0.39 is 15.4 Å². The second kappa shape index (κ2) is 12.9. The van der Waals surface area contributed by atoms with Crippen LogP contribution in [0.2, 0.25) is 0 Å². The first kappa shape index (κ1) is 28.3. The van der Waals surface area contributed by atoms with Gasteiger partial charge in [-0.2, -0.15) is 4.31 Å². The number of sulfonamides is 1. The van der Waals surface area contributed by atoms with Crippen molar-refractivity contribution >= 4 is 45.9 Å². The van der Waals surface area contributed by atoms with Crippen LogP contribution in [-0.4, -0.2) is 94.3 Å². The first-order chi connectivity index (χ1) is 13.0. The summed E-state index contributed by atoms with van der Waals surface area (Å²) in [6, 6.07) is 0. The van der Waals surface area contributed by atoms with Crippen LogP contribution in [0.4, 0.5) is 0 Å². The minimum absolute atomic E-state index is 0. The van der Waals surface area contributed by atoms with Crippen LogP contribution in [0.15, 0.2) is 4.99 Å². The number of guanidine groups is 1. The van der Waals surface area contributed by atoms with Gasteiger partial charge in [0.2, 0.25) is 15.9 Å². The van der Waals surface area contributed by atoms with E-state index in [0.717, 1.165) is 0 Å². The van der Waals surface area contributed by atoms with Crippen molar-refractivity contribution in [1.29, 1.82) is 0 Å². The monoisotopic (exact) mass is 547 g/mol. The highest BCUT2D eigenvalue weighted by Gasteiger charge is 2.30. The van der Waals surface area contributed by atoms with Gasteiger partial charge < -0.3 is 20.3 Å². The Balaban J connectivity index is 0.00000784. The van der Waals surface area contributed by atoms with E-state index in [0.29, 0.717) is 45.2 Å². The number of nitrogens with one attached hydrogen (secondary N) is 2. The van der Waals surface area contributed by atoms with Crippen LogP contribution in [-0.2, 0) is 19.6 Å².